The van der Waals surface area contributed by atoms with Gasteiger partial charge in [-0.25, -0.2) is 9.78 Å². The molecule has 2 N–H and O–H groups in total. The van der Waals surface area contributed by atoms with E-state index in [0.29, 0.717) is 16.8 Å². The van der Waals surface area contributed by atoms with Crippen LogP contribution in [0.4, 0.5) is 22.0 Å². The van der Waals surface area contributed by atoms with Crippen LogP contribution in [0.5, 0.6) is 5.88 Å². The van der Waals surface area contributed by atoms with Gasteiger partial charge in [0.2, 0.25) is 11.7 Å². The third-order valence-electron chi connectivity index (χ3n) is 3.81. The van der Waals surface area contributed by atoms with Crippen molar-refractivity contribution in [3.63, 3.8) is 0 Å². The second kappa shape index (κ2) is 10.6. The van der Waals surface area contributed by atoms with Crippen molar-refractivity contribution in [2.75, 3.05) is 23.8 Å². The zero-order valence-corrected chi connectivity index (χ0v) is 17.7. The van der Waals surface area contributed by atoms with Gasteiger partial charge in [0.1, 0.15) is 10.3 Å². The summed E-state index contributed by atoms with van der Waals surface area (Å²) in [4.78, 5) is 32.8. The highest BCUT2D eigenvalue weighted by Crippen LogP contribution is 2.37. The van der Waals surface area contributed by atoms with E-state index in [2.05, 4.69) is 25.9 Å². The van der Waals surface area contributed by atoms with Crippen LogP contribution in [0.3, 0.4) is 0 Å². The Balaban J connectivity index is 2.51. The number of carbonyl (C=O) groups is 1. The zero-order chi connectivity index (χ0) is 21.4. The van der Waals surface area contributed by atoms with Crippen LogP contribution < -0.4 is 15.4 Å². The average Bonchev–Trinajstić information content (AvgIpc) is 2.67. The maximum absolute atomic E-state index is 12.6. The zero-order valence-electron chi connectivity index (χ0n) is 16.1. The van der Waals surface area contributed by atoms with Gasteiger partial charge in [-0.15, -0.1) is 0 Å². The molecule has 0 unspecified atom stereocenters. The lowest BCUT2D eigenvalue weighted by Gasteiger charge is -2.22. The van der Waals surface area contributed by atoms with E-state index in [4.69, 9.17) is 15.2 Å². The van der Waals surface area contributed by atoms with Crippen molar-refractivity contribution < 1.29 is 19.2 Å². The number of rotatable bonds is 9. The molecule has 0 aliphatic carbocycles. The summed E-state index contributed by atoms with van der Waals surface area (Å²) >= 11 is 3.24. The lowest BCUT2D eigenvalue weighted by molar-refractivity contribution is -0.383. The third-order valence-corrected chi connectivity index (χ3v) is 4.28. The first kappa shape index (κ1) is 22.3. The summed E-state index contributed by atoms with van der Waals surface area (Å²) in [6.45, 7) is 4.10. The minimum absolute atomic E-state index is 0.0161. The lowest BCUT2D eigenvalue weighted by Crippen LogP contribution is -2.32. The molecule has 2 rings (SSSR count). The number of nitrogens with two attached hydrogens (primary N) is 1. The second-order valence-corrected chi connectivity index (χ2v) is 6.76. The summed E-state index contributed by atoms with van der Waals surface area (Å²) < 4.78 is 11.3. The highest BCUT2D eigenvalue weighted by atomic mass is 79.9. The minimum Gasteiger partial charge on any atom is -0.478 e. The van der Waals surface area contributed by atoms with Crippen molar-refractivity contribution in [1.29, 1.82) is 0 Å². The number of ether oxygens (including phenoxy) is 2. The molecule has 0 aliphatic rings. The van der Waals surface area contributed by atoms with E-state index in [1.54, 1.807) is 25.3 Å². The SMILES string of the molecule is CCCCOc1cc(N(Cc2ccc(Br)nc2)C(=O)OCC)c([N+](=O)[O-])c(N)n1. The molecule has 0 aromatic carbocycles. The first-order chi connectivity index (χ1) is 13.9. The molecular formula is C18H22BrN5O5. The number of nitro groups is 1. The highest BCUT2D eigenvalue weighted by molar-refractivity contribution is 9.10. The number of anilines is 2. The van der Waals surface area contributed by atoms with Crippen LogP contribution in [0.2, 0.25) is 0 Å². The van der Waals surface area contributed by atoms with Crippen LogP contribution in [0.15, 0.2) is 29.0 Å². The predicted octanol–water partition coefficient (Wildman–Crippen LogP) is 4.07. The Kier molecular flexibility index (Phi) is 8.13. The molecule has 0 saturated carbocycles. The van der Waals surface area contributed by atoms with Crippen LogP contribution >= 0.6 is 15.9 Å². The van der Waals surface area contributed by atoms with Gasteiger partial charge < -0.3 is 15.2 Å². The molecule has 11 heteroatoms. The Morgan fingerprint density at radius 1 is 1.38 bits per heavy atom. The monoisotopic (exact) mass is 467 g/mol. The summed E-state index contributed by atoms with van der Waals surface area (Å²) in [5.74, 6) is -0.248. The minimum atomic E-state index is -0.761. The first-order valence-electron chi connectivity index (χ1n) is 8.99. The molecule has 0 atom stereocenters. The van der Waals surface area contributed by atoms with Gasteiger partial charge in [-0.3, -0.25) is 15.0 Å². The Morgan fingerprint density at radius 3 is 2.72 bits per heavy atom. The largest absolute Gasteiger partial charge is 0.478 e. The van der Waals surface area contributed by atoms with Crippen LogP contribution in [-0.2, 0) is 11.3 Å². The van der Waals surface area contributed by atoms with Gasteiger partial charge >= 0.3 is 11.8 Å². The number of nitrogen functional groups attached to an aromatic ring is 1. The second-order valence-electron chi connectivity index (χ2n) is 5.95. The van der Waals surface area contributed by atoms with E-state index in [1.807, 2.05) is 6.92 Å². The van der Waals surface area contributed by atoms with Crippen molar-refractivity contribution in [2.24, 2.45) is 0 Å². The predicted molar refractivity (Wildman–Crippen MR) is 111 cm³/mol. The van der Waals surface area contributed by atoms with E-state index < -0.39 is 16.7 Å². The summed E-state index contributed by atoms with van der Waals surface area (Å²) in [7, 11) is 0. The molecular weight excluding hydrogens is 446 g/mol. The lowest BCUT2D eigenvalue weighted by atomic mass is 10.2. The van der Waals surface area contributed by atoms with E-state index in [-0.39, 0.29) is 30.5 Å². The summed E-state index contributed by atoms with van der Waals surface area (Å²) in [6.07, 6.45) is 2.47. The molecule has 2 aromatic heterocycles. The number of aromatic nitrogens is 2. The number of pyridine rings is 2. The van der Waals surface area contributed by atoms with Gasteiger partial charge in [-0.2, -0.15) is 4.98 Å². The average molecular weight is 468 g/mol. The Bertz CT molecular complexity index is 862. The van der Waals surface area contributed by atoms with Crippen LogP contribution in [0, 0.1) is 10.1 Å². The van der Waals surface area contributed by atoms with Crippen molar-refractivity contribution in [3.05, 3.63) is 44.7 Å². The van der Waals surface area contributed by atoms with Gasteiger partial charge in [-0.05, 0) is 40.9 Å². The van der Waals surface area contributed by atoms with E-state index >= 15 is 0 Å². The molecule has 0 radical (unpaired) electrons. The van der Waals surface area contributed by atoms with Crippen LogP contribution in [-0.4, -0.2) is 34.2 Å². The fourth-order valence-corrected chi connectivity index (χ4v) is 2.67. The van der Waals surface area contributed by atoms with Gasteiger partial charge in [0, 0.05) is 12.3 Å². The number of hydrogen-bond acceptors (Lipinski definition) is 8. The normalized spacial score (nSPS) is 10.4. The van der Waals surface area contributed by atoms with Crippen molar-refractivity contribution in [3.8, 4) is 5.88 Å². The van der Waals surface area contributed by atoms with E-state index in [1.165, 1.54) is 6.07 Å². The summed E-state index contributed by atoms with van der Waals surface area (Å²) in [5, 5.41) is 11.6. The van der Waals surface area contributed by atoms with Crippen molar-refractivity contribution >= 4 is 39.2 Å². The van der Waals surface area contributed by atoms with E-state index in [9.17, 15) is 14.9 Å². The summed E-state index contributed by atoms with van der Waals surface area (Å²) in [6, 6.07) is 4.76. The molecule has 156 valence electrons. The van der Waals surface area contributed by atoms with Gasteiger partial charge in [0.25, 0.3) is 0 Å². The Morgan fingerprint density at radius 2 is 2.14 bits per heavy atom. The Labute approximate surface area is 176 Å². The van der Waals surface area contributed by atoms with Crippen molar-refractivity contribution in [1.82, 2.24) is 9.97 Å². The fraction of sp³-hybridized carbons (Fsp3) is 0.389. The smallest absolute Gasteiger partial charge is 0.414 e. The molecule has 0 bridgehead atoms. The molecule has 29 heavy (non-hydrogen) atoms. The standard InChI is InChI=1S/C18H22BrN5O5/c1-3-5-8-29-15-9-13(16(24(26)27)17(20)22-15)23(18(25)28-4-2)11-12-6-7-14(19)21-10-12/h6-7,9-10H,3-5,8,11H2,1-2H3,(H2,20,22). The fourth-order valence-electron chi connectivity index (χ4n) is 2.44. The number of carbonyl (C=O) groups excluding carboxylic acids is 1. The molecule has 10 nitrogen and oxygen atoms in total. The maximum Gasteiger partial charge on any atom is 0.414 e. The number of amides is 1. The van der Waals surface area contributed by atoms with Gasteiger partial charge in [0.05, 0.1) is 24.7 Å². The highest BCUT2D eigenvalue weighted by Gasteiger charge is 2.30. The van der Waals surface area contributed by atoms with E-state index in [0.717, 1.165) is 17.7 Å². The molecule has 0 fully saturated rings. The molecule has 0 aliphatic heterocycles. The molecule has 0 saturated heterocycles. The third kappa shape index (κ3) is 6.01. The topological polar surface area (TPSA) is 134 Å². The Hall–Kier alpha value is -2.95. The van der Waals surface area contributed by atoms with Gasteiger partial charge in [-0.1, -0.05) is 19.4 Å². The molecule has 2 heterocycles. The number of hydrogen-bond donors (Lipinski definition) is 1. The van der Waals surface area contributed by atoms with Crippen molar-refractivity contribution in [2.45, 2.75) is 33.2 Å². The maximum atomic E-state index is 12.6. The number of halogens is 1. The number of nitrogens with zero attached hydrogens (tertiary/aromatic N) is 4. The molecule has 1 amide bonds. The van der Waals surface area contributed by atoms with Crippen LogP contribution in [0.25, 0.3) is 0 Å². The quantitative estimate of drug-likeness (QED) is 0.252. The summed E-state index contributed by atoms with van der Waals surface area (Å²) in [5.41, 5.74) is 5.91. The molecule has 0 spiro atoms. The molecule has 2 aromatic rings. The van der Waals surface area contributed by atoms with Crippen LogP contribution in [0.1, 0.15) is 32.3 Å². The first-order valence-corrected chi connectivity index (χ1v) is 9.79. The number of unbranched alkanes of at least 4 members (excludes halogenated alkanes) is 1. The van der Waals surface area contributed by atoms with Gasteiger partial charge in [0.15, 0.2) is 0 Å².